The molecular weight excluding hydrogens is 154 g/mol. The molecule has 0 atom stereocenters. The molecule has 0 radical (unpaired) electrons. The Morgan fingerprint density at radius 3 is 3.00 bits per heavy atom. The third-order valence-electron chi connectivity index (χ3n) is 1.61. The van der Waals surface area contributed by atoms with E-state index < -0.39 is 0 Å². The number of nitriles is 1. The zero-order valence-corrected chi connectivity index (χ0v) is 6.39. The van der Waals surface area contributed by atoms with Gasteiger partial charge in [0, 0.05) is 7.05 Å². The monoisotopic (exact) mass is 159 g/mol. The Bertz CT molecular complexity index is 424. The molecule has 2 rings (SSSR count). The molecule has 0 spiro atoms. The van der Waals surface area contributed by atoms with E-state index in [0.717, 1.165) is 0 Å². The van der Waals surface area contributed by atoms with Crippen LogP contribution in [0.15, 0.2) is 12.7 Å². The Morgan fingerprint density at radius 2 is 2.25 bits per heavy atom. The molecule has 58 valence electrons. The molecule has 2 aliphatic rings. The van der Waals surface area contributed by atoms with Crippen LogP contribution in [-0.2, 0) is 7.05 Å². The van der Waals surface area contributed by atoms with Crippen molar-refractivity contribution in [2.24, 2.45) is 7.05 Å². The number of fused-ring (bicyclic) bond motifs is 1. The van der Waals surface area contributed by atoms with Gasteiger partial charge in [-0.1, -0.05) is 0 Å². The van der Waals surface area contributed by atoms with Gasteiger partial charge in [0.1, 0.15) is 18.1 Å². The highest BCUT2D eigenvalue weighted by atomic mass is 15.1. The van der Waals surface area contributed by atoms with Crippen molar-refractivity contribution >= 4 is 0 Å². The minimum Gasteiger partial charge on any atom is -0.325 e. The third kappa shape index (κ3) is 0.751. The van der Waals surface area contributed by atoms with E-state index in [4.69, 9.17) is 5.26 Å². The first-order valence-electron chi connectivity index (χ1n) is 3.35. The van der Waals surface area contributed by atoms with E-state index >= 15 is 0 Å². The predicted octanol–water partition coefficient (Wildman–Crippen LogP) is 0.187. The van der Waals surface area contributed by atoms with Crippen LogP contribution in [0.1, 0.15) is 5.69 Å². The molecule has 0 fully saturated rings. The number of hydrogen-bond donors (Lipinski definition) is 0. The lowest BCUT2D eigenvalue weighted by Gasteiger charge is -2.02. The van der Waals surface area contributed by atoms with Crippen LogP contribution in [0.5, 0.6) is 0 Å². The quantitative estimate of drug-likeness (QED) is 0.550. The molecule has 0 aromatic carbocycles. The van der Waals surface area contributed by atoms with Crippen LogP contribution < -0.4 is 0 Å². The smallest absolute Gasteiger partial charge is 0.184 e. The maximum atomic E-state index is 8.77. The summed E-state index contributed by atoms with van der Waals surface area (Å²) in [6.45, 7) is 0. The average Bonchev–Trinajstić information content (AvgIpc) is 2.52. The van der Waals surface area contributed by atoms with Crippen LogP contribution in [0.3, 0.4) is 0 Å². The second-order valence-corrected chi connectivity index (χ2v) is 2.36. The lowest BCUT2D eigenvalue weighted by atomic mass is 10.3. The van der Waals surface area contributed by atoms with E-state index in [2.05, 4.69) is 15.0 Å². The van der Waals surface area contributed by atoms with Crippen LogP contribution in [-0.4, -0.2) is 19.5 Å². The molecule has 5 nitrogen and oxygen atoms in total. The topological polar surface area (TPSA) is 67.4 Å². The lowest BCUT2D eigenvalue weighted by Crippen LogP contribution is -2.02. The maximum absolute atomic E-state index is 8.77. The minimum absolute atomic E-state index is 0.484. The van der Waals surface area contributed by atoms with E-state index in [1.807, 2.05) is 6.07 Å². The van der Waals surface area contributed by atoms with E-state index in [-0.39, 0.29) is 0 Å². The summed E-state index contributed by atoms with van der Waals surface area (Å²) in [4.78, 5) is 11.8. The molecule has 5 heteroatoms. The fraction of sp³-hybridized carbons (Fsp3) is 0.143. The minimum atomic E-state index is 0.484. The first-order valence-corrected chi connectivity index (χ1v) is 3.35. The standard InChI is InChI=1S/C7H5N5/c1-12-4-11-7-6(5(12)2-8)9-3-10-7/h3-4H,1H3. The first kappa shape index (κ1) is 6.73. The zero-order chi connectivity index (χ0) is 8.55. The highest BCUT2D eigenvalue weighted by Gasteiger charge is 2.13. The van der Waals surface area contributed by atoms with Gasteiger partial charge in [0.15, 0.2) is 11.5 Å². The molecule has 2 aliphatic heterocycles. The Balaban J connectivity index is 2.84. The molecule has 12 heavy (non-hydrogen) atoms. The van der Waals surface area contributed by atoms with Gasteiger partial charge < -0.3 is 4.57 Å². The van der Waals surface area contributed by atoms with Crippen molar-refractivity contribution in [3.63, 3.8) is 0 Å². The number of imidazole rings is 1. The summed E-state index contributed by atoms with van der Waals surface area (Å²) in [5.41, 5.74) is 1.04. The van der Waals surface area contributed by atoms with Gasteiger partial charge in [0.05, 0.1) is 6.33 Å². The lowest BCUT2D eigenvalue weighted by molar-refractivity contribution is 0.841. The van der Waals surface area contributed by atoms with E-state index in [1.165, 1.54) is 6.33 Å². The molecule has 0 amide bonds. The van der Waals surface area contributed by atoms with Crippen LogP contribution in [0, 0.1) is 11.3 Å². The zero-order valence-electron chi connectivity index (χ0n) is 6.39. The van der Waals surface area contributed by atoms with Crippen molar-refractivity contribution in [3.05, 3.63) is 18.3 Å². The molecule has 0 aliphatic carbocycles. The number of aryl methyl sites for hydroxylation is 1. The molecule has 0 saturated heterocycles. The van der Waals surface area contributed by atoms with Gasteiger partial charge in [-0.25, -0.2) is 15.0 Å². The summed E-state index contributed by atoms with van der Waals surface area (Å²) in [7, 11) is 1.75. The predicted molar refractivity (Wildman–Crippen MR) is 40.1 cm³/mol. The number of aromatic nitrogens is 4. The Hall–Kier alpha value is -1.96. The van der Waals surface area contributed by atoms with Crippen molar-refractivity contribution in [3.8, 4) is 17.6 Å². The summed E-state index contributed by atoms with van der Waals surface area (Å²) in [5, 5.41) is 8.77. The Labute approximate surface area is 68.7 Å². The van der Waals surface area contributed by atoms with Gasteiger partial charge in [-0.05, 0) is 0 Å². The van der Waals surface area contributed by atoms with Crippen molar-refractivity contribution in [1.29, 1.82) is 5.26 Å². The van der Waals surface area contributed by atoms with Gasteiger partial charge in [-0.3, -0.25) is 0 Å². The van der Waals surface area contributed by atoms with Gasteiger partial charge in [0.2, 0.25) is 0 Å². The molecule has 2 heterocycles. The second kappa shape index (κ2) is 2.27. The largest absolute Gasteiger partial charge is 0.325 e. The van der Waals surface area contributed by atoms with Crippen LogP contribution in [0.2, 0.25) is 0 Å². The van der Waals surface area contributed by atoms with Crippen LogP contribution >= 0.6 is 0 Å². The van der Waals surface area contributed by atoms with Crippen LogP contribution in [0.4, 0.5) is 0 Å². The molecular formula is C7H5N5. The third-order valence-corrected chi connectivity index (χ3v) is 1.61. The fourth-order valence-corrected chi connectivity index (χ4v) is 1.02. The van der Waals surface area contributed by atoms with E-state index in [9.17, 15) is 0 Å². The fourth-order valence-electron chi connectivity index (χ4n) is 1.02. The van der Waals surface area contributed by atoms with Crippen molar-refractivity contribution in [2.45, 2.75) is 0 Å². The van der Waals surface area contributed by atoms with Crippen molar-refractivity contribution in [2.75, 3.05) is 0 Å². The van der Waals surface area contributed by atoms with E-state index in [0.29, 0.717) is 17.2 Å². The SMILES string of the molecule is Cn1cnc2ncnc-2c1C#N. The highest BCUT2D eigenvalue weighted by molar-refractivity contribution is 5.57. The number of rotatable bonds is 0. The molecule has 0 aromatic rings. The van der Waals surface area contributed by atoms with Gasteiger partial charge in [0.25, 0.3) is 0 Å². The molecule has 0 aromatic heterocycles. The summed E-state index contributed by atoms with van der Waals surface area (Å²) < 4.78 is 1.62. The maximum Gasteiger partial charge on any atom is 0.184 e. The normalized spacial score (nSPS) is 10.0. The van der Waals surface area contributed by atoms with E-state index in [1.54, 1.807) is 17.9 Å². The second-order valence-electron chi connectivity index (χ2n) is 2.36. The summed E-state index contributed by atoms with van der Waals surface area (Å²) in [6, 6.07) is 2.04. The van der Waals surface area contributed by atoms with Crippen molar-refractivity contribution < 1.29 is 0 Å². The number of nitrogens with zero attached hydrogens (tertiary/aromatic N) is 5. The molecule has 0 bridgehead atoms. The molecule has 0 unspecified atom stereocenters. The summed E-state index contributed by atoms with van der Waals surface area (Å²) in [6.07, 6.45) is 2.95. The van der Waals surface area contributed by atoms with Crippen LogP contribution in [0.25, 0.3) is 11.5 Å². The number of hydrogen-bond acceptors (Lipinski definition) is 4. The Morgan fingerprint density at radius 1 is 1.42 bits per heavy atom. The summed E-state index contributed by atoms with van der Waals surface area (Å²) >= 11 is 0. The Kier molecular flexibility index (Phi) is 1.27. The van der Waals surface area contributed by atoms with Gasteiger partial charge in [-0.2, -0.15) is 5.26 Å². The highest BCUT2D eigenvalue weighted by Crippen LogP contribution is 2.16. The van der Waals surface area contributed by atoms with Gasteiger partial charge in [-0.15, -0.1) is 0 Å². The first-order chi connectivity index (χ1) is 5.83. The molecule has 0 N–H and O–H groups in total. The molecule has 0 saturated carbocycles. The van der Waals surface area contributed by atoms with Gasteiger partial charge >= 0.3 is 0 Å². The summed E-state index contributed by atoms with van der Waals surface area (Å²) in [5.74, 6) is 0.518. The van der Waals surface area contributed by atoms with Crippen molar-refractivity contribution in [1.82, 2.24) is 19.5 Å². The average molecular weight is 159 g/mol.